The molecule has 0 atom stereocenters. The van der Waals surface area contributed by atoms with Crippen molar-refractivity contribution < 1.29 is 8.85 Å². The SMILES string of the molecule is CCCO[Si](C)(CCC)OCCC.[SiH4]. The highest BCUT2D eigenvalue weighted by molar-refractivity contribution is 6.66. The minimum absolute atomic E-state index is 0. The molecular formula is C10H28O2Si2. The van der Waals surface area contributed by atoms with Crippen LogP contribution in [0.3, 0.4) is 0 Å². The van der Waals surface area contributed by atoms with Crippen LogP contribution in [0, 0.1) is 0 Å². The molecule has 0 rings (SSSR count). The van der Waals surface area contributed by atoms with E-state index in [1.54, 1.807) is 0 Å². The fourth-order valence-corrected chi connectivity index (χ4v) is 3.83. The second kappa shape index (κ2) is 9.89. The van der Waals surface area contributed by atoms with Crippen molar-refractivity contribution in [1.29, 1.82) is 0 Å². The van der Waals surface area contributed by atoms with Gasteiger partial charge in [-0.25, -0.2) is 0 Å². The average molecular weight is 237 g/mol. The van der Waals surface area contributed by atoms with Gasteiger partial charge in [0.2, 0.25) is 0 Å². The van der Waals surface area contributed by atoms with Gasteiger partial charge < -0.3 is 8.85 Å². The molecular weight excluding hydrogens is 208 g/mol. The van der Waals surface area contributed by atoms with Crippen LogP contribution in [0.4, 0.5) is 0 Å². The third kappa shape index (κ3) is 7.73. The van der Waals surface area contributed by atoms with Crippen LogP contribution >= 0.6 is 0 Å². The van der Waals surface area contributed by atoms with E-state index in [1.165, 1.54) is 0 Å². The Kier molecular flexibility index (Phi) is 11.8. The zero-order valence-corrected chi connectivity index (χ0v) is 10.6. The summed E-state index contributed by atoms with van der Waals surface area (Å²) < 4.78 is 11.7. The Morgan fingerprint density at radius 2 is 1.29 bits per heavy atom. The lowest BCUT2D eigenvalue weighted by Crippen LogP contribution is -2.39. The summed E-state index contributed by atoms with van der Waals surface area (Å²) in [5.41, 5.74) is 0. The van der Waals surface area contributed by atoms with Crippen LogP contribution in [-0.4, -0.2) is 32.7 Å². The molecule has 0 aromatic carbocycles. The van der Waals surface area contributed by atoms with Crippen molar-refractivity contribution in [2.75, 3.05) is 13.2 Å². The van der Waals surface area contributed by atoms with E-state index in [9.17, 15) is 0 Å². The minimum Gasteiger partial charge on any atom is -0.394 e. The molecule has 88 valence electrons. The topological polar surface area (TPSA) is 18.5 Å². The van der Waals surface area contributed by atoms with Crippen molar-refractivity contribution in [2.45, 2.75) is 52.6 Å². The van der Waals surface area contributed by atoms with Gasteiger partial charge in [0.25, 0.3) is 0 Å². The summed E-state index contributed by atoms with van der Waals surface area (Å²) in [6.45, 7) is 10.4. The second-order valence-electron chi connectivity index (χ2n) is 3.58. The lowest BCUT2D eigenvalue weighted by molar-refractivity contribution is 0.173. The van der Waals surface area contributed by atoms with Crippen molar-refractivity contribution >= 4 is 19.5 Å². The molecule has 14 heavy (non-hydrogen) atoms. The van der Waals surface area contributed by atoms with Gasteiger partial charge in [0.15, 0.2) is 0 Å². The maximum atomic E-state index is 5.84. The lowest BCUT2D eigenvalue weighted by Gasteiger charge is -2.26. The number of hydrogen-bond donors (Lipinski definition) is 0. The molecule has 0 saturated heterocycles. The molecule has 4 heteroatoms. The Morgan fingerprint density at radius 1 is 0.857 bits per heavy atom. The first-order chi connectivity index (χ1) is 6.18. The van der Waals surface area contributed by atoms with Gasteiger partial charge in [-0.05, 0) is 36.4 Å². The van der Waals surface area contributed by atoms with E-state index >= 15 is 0 Å². The van der Waals surface area contributed by atoms with Crippen LogP contribution in [0.1, 0.15) is 40.0 Å². The first-order valence-corrected chi connectivity index (χ1v) is 7.98. The highest BCUT2D eigenvalue weighted by Gasteiger charge is 2.29. The third-order valence-corrected chi connectivity index (χ3v) is 4.96. The Bertz CT molecular complexity index is 113. The van der Waals surface area contributed by atoms with Gasteiger partial charge in [-0.1, -0.05) is 27.2 Å². The van der Waals surface area contributed by atoms with Crippen LogP contribution in [0.5, 0.6) is 0 Å². The van der Waals surface area contributed by atoms with Crippen molar-refractivity contribution in [2.24, 2.45) is 0 Å². The Morgan fingerprint density at radius 3 is 1.57 bits per heavy atom. The number of rotatable bonds is 8. The predicted octanol–water partition coefficient (Wildman–Crippen LogP) is 1.87. The van der Waals surface area contributed by atoms with Crippen LogP contribution in [-0.2, 0) is 8.85 Å². The van der Waals surface area contributed by atoms with Gasteiger partial charge in [0.1, 0.15) is 0 Å². The maximum absolute atomic E-state index is 5.84. The Balaban J connectivity index is 0. The number of hydrogen-bond acceptors (Lipinski definition) is 2. The second-order valence-corrected chi connectivity index (χ2v) is 6.93. The smallest absolute Gasteiger partial charge is 0.334 e. The van der Waals surface area contributed by atoms with Crippen LogP contribution in [0.2, 0.25) is 12.6 Å². The van der Waals surface area contributed by atoms with E-state index in [0.29, 0.717) is 0 Å². The van der Waals surface area contributed by atoms with Crippen molar-refractivity contribution in [3.05, 3.63) is 0 Å². The van der Waals surface area contributed by atoms with Crippen LogP contribution < -0.4 is 0 Å². The monoisotopic (exact) mass is 236 g/mol. The summed E-state index contributed by atoms with van der Waals surface area (Å²) in [4.78, 5) is 0. The molecule has 0 saturated carbocycles. The fraction of sp³-hybridized carbons (Fsp3) is 1.00. The zero-order chi connectivity index (χ0) is 10.2. The molecule has 0 unspecified atom stereocenters. The van der Waals surface area contributed by atoms with E-state index in [4.69, 9.17) is 8.85 Å². The van der Waals surface area contributed by atoms with Gasteiger partial charge in [0, 0.05) is 13.2 Å². The fourth-order valence-electron chi connectivity index (χ4n) is 1.28. The molecule has 0 aliphatic heterocycles. The van der Waals surface area contributed by atoms with Crippen LogP contribution in [0.25, 0.3) is 0 Å². The minimum atomic E-state index is -1.79. The molecule has 0 aliphatic rings. The van der Waals surface area contributed by atoms with Gasteiger partial charge in [0.05, 0.1) is 0 Å². The summed E-state index contributed by atoms with van der Waals surface area (Å²) in [6.07, 6.45) is 3.33. The van der Waals surface area contributed by atoms with Gasteiger partial charge in [-0.15, -0.1) is 0 Å². The molecule has 0 aromatic rings. The molecule has 0 aromatic heterocycles. The molecule has 0 amide bonds. The maximum Gasteiger partial charge on any atom is 0.334 e. The summed E-state index contributed by atoms with van der Waals surface area (Å²) in [6, 6.07) is 1.12. The summed E-state index contributed by atoms with van der Waals surface area (Å²) in [5, 5.41) is 0. The molecule has 0 heterocycles. The van der Waals surface area contributed by atoms with Crippen LogP contribution in [0.15, 0.2) is 0 Å². The van der Waals surface area contributed by atoms with Crippen molar-refractivity contribution in [3.63, 3.8) is 0 Å². The summed E-state index contributed by atoms with van der Waals surface area (Å²) in [7, 11) is -1.79. The Hall–Kier alpha value is 0.354. The van der Waals surface area contributed by atoms with E-state index < -0.39 is 8.56 Å². The van der Waals surface area contributed by atoms with Gasteiger partial charge in [-0.3, -0.25) is 0 Å². The van der Waals surface area contributed by atoms with E-state index in [-0.39, 0.29) is 11.0 Å². The molecule has 2 nitrogen and oxygen atoms in total. The largest absolute Gasteiger partial charge is 0.394 e. The third-order valence-electron chi connectivity index (χ3n) is 1.93. The lowest BCUT2D eigenvalue weighted by atomic mass is 10.5. The Labute approximate surface area is 94.7 Å². The highest BCUT2D eigenvalue weighted by Crippen LogP contribution is 2.16. The van der Waals surface area contributed by atoms with E-state index in [1.807, 2.05) is 0 Å². The van der Waals surface area contributed by atoms with Gasteiger partial charge >= 0.3 is 8.56 Å². The molecule has 0 aliphatic carbocycles. The molecule has 0 radical (unpaired) electrons. The highest BCUT2D eigenvalue weighted by atomic mass is 28.4. The van der Waals surface area contributed by atoms with E-state index in [0.717, 1.165) is 38.5 Å². The average Bonchev–Trinajstić information content (AvgIpc) is 2.12. The summed E-state index contributed by atoms with van der Waals surface area (Å²) >= 11 is 0. The van der Waals surface area contributed by atoms with Gasteiger partial charge in [-0.2, -0.15) is 0 Å². The molecule has 0 N–H and O–H groups in total. The first-order valence-electron chi connectivity index (χ1n) is 5.46. The molecule has 0 bridgehead atoms. The van der Waals surface area contributed by atoms with E-state index in [2.05, 4.69) is 27.3 Å². The van der Waals surface area contributed by atoms with Crippen molar-refractivity contribution in [1.82, 2.24) is 0 Å². The quantitative estimate of drug-likeness (QED) is 0.599. The zero-order valence-electron chi connectivity index (χ0n) is 9.56. The molecule has 0 fully saturated rings. The standard InChI is InChI=1S/C10H24O2Si.H4Si/c1-5-8-11-13(4,10-7-3)12-9-6-2;/h5-10H2,1-4H3;1H4. The van der Waals surface area contributed by atoms with Crippen molar-refractivity contribution in [3.8, 4) is 0 Å². The predicted molar refractivity (Wildman–Crippen MR) is 70.5 cm³/mol. The molecule has 0 spiro atoms. The first kappa shape index (κ1) is 16.8. The normalized spacial score (nSPS) is 11.1. The summed E-state index contributed by atoms with van der Waals surface area (Å²) in [5.74, 6) is 0.